The van der Waals surface area contributed by atoms with Crippen molar-refractivity contribution in [2.75, 3.05) is 6.61 Å². The molecule has 19 heavy (non-hydrogen) atoms. The summed E-state index contributed by atoms with van der Waals surface area (Å²) >= 11 is 1.33. The molecule has 1 aromatic rings. The van der Waals surface area contributed by atoms with E-state index in [1.54, 1.807) is 6.92 Å². The maximum Gasteiger partial charge on any atom is 0.335 e. The van der Waals surface area contributed by atoms with Gasteiger partial charge >= 0.3 is 5.97 Å². The third kappa shape index (κ3) is 3.93. The number of nitro benzene ring substituents is 1. The highest BCUT2D eigenvalue weighted by molar-refractivity contribution is 8.00. The molecule has 6 nitrogen and oxygen atoms in total. The lowest BCUT2D eigenvalue weighted by Gasteiger charge is -2.12. The third-order valence-corrected chi connectivity index (χ3v) is 3.96. The van der Waals surface area contributed by atoms with Gasteiger partial charge in [0.1, 0.15) is 0 Å². The molecule has 1 rings (SSSR count). The summed E-state index contributed by atoms with van der Waals surface area (Å²) in [5.74, 6) is -1.19. The van der Waals surface area contributed by atoms with Gasteiger partial charge in [0.05, 0.1) is 10.5 Å². The SMILES string of the molecule is Cc1c(SC(C)CCO)cc(C(=O)O)cc1[N+](=O)[O-]. The molecule has 1 aromatic carbocycles. The van der Waals surface area contributed by atoms with Crippen LogP contribution >= 0.6 is 11.8 Å². The highest BCUT2D eigenvalue weighted by Crippen LogP contribution is 2.34. The first-order valence-corrected chi connectivity index (χ1v) is 6.54. The Balaban J connectivity index is 3.21. The number of hydrogen-bond acceptors (Lipinski definition) is 5. The van der Waals surface area contributed by atoms with Crippen LogP contribution in [-0.4, -0.2) is 33.0 Å². The van der Waals surface area contributed by atoms with Gasteiger partial charge in [0.15, 0.2) is 0 Å². The second-order valence-corrected chi connectivity index (χ2v) is 5.60. The number of carboxylic acid groups (broad SMARTS) is 1. The second kappa shape index (κ2) is 6.53. The Hall–Kier alpha value is -1.60. The molecule has 0 aliphatic heterocycles. The number of carboxylic acids is 1. The predicted molar refractivity (Wildman–Crippen MR) is 71.8 cm³/mol. The van der Waals surface area contributed by atoms with Gasteiger partial charge in [-0.25, -0.2) is 4.79 Å². The van der Waals surface area contributed by atoms with Crippen molar-refractivity contribution in [2.24, 2.45) is 0 Å². The number of hydrogen-bond donors (Lipinski definition) is 2. The molecule has 0 fully saturated rings. The zero-order valence-electron chi connectivity index (χ0n) is 10.6. The van der Waals surface area contributed by atoms with Gasteiger partial charge in [0.2, 0.25) is 0 Å². The standard InChI is InChI=1S/C12H15NO5S/c1-7(3-4-14)19-11-6-9(12(15)16)5-10(8(11)2)13(17)18/h5-7,14H,3-4H2,1-2H3,(H,15,16). The van der Waals surface area contributed by atoms with E-state index in [2.05, 4.69) is 0 Å². The first-order chi connectivity index (χ1) is 8.86. The summed E-state index contributed by atoms with van der Waals surface area (Å²) in [6.07, 6.45) is 0.537. The van der Waals surface area contributed by atoms with Crippen molar-refractivity contribution in [3.63, 3.8) is 0 Å². The average Bonchev–Trinajstić information content (AvgIpc) is 2.31. The lowest BCUT2D eigenvalue weighted by molar-refractivity contribution is -0.385. The van der Waals surface area contributed by atoms with Gasteiger partial charge in [0.25, 0.3) is 5.69 Å². The van der Waals surface area contributed by atoms with Crippen LogP contribution in [-0.2, 0) is 0 Å². The number of nitrogens with zero attached hydrogens (tertiary/aromatic N) is 1. The maximum absolute atomic E-state index is 11.0. The number of carbonyl (C=O) groups is 1. The lowest BCUT2D eigenvalue weighted by atomic mass is 10.1. The number of thioether (sulfide) groups is 1. The van der Waals surface area contributed by atoms with Crippen molar-refractivity contribution >= 4 is 23.4 Å². The van der Waals surface area contributed by atoms with E-state index >= 15 is 0 Å². The Bertz CT molecular complexity index is 503. The summed E-state index contributed by atoms with van der Waals surface area (Å²) in [5, 5.41) is 28.8. The molecule has 0 amide bonds. The van der Waals surface area contributed by atoms with Crippen LogP contribution in [0.15, 0.2) is 17.0 Å². The number of aliphatic hydroxyl groups is 1. The highest BCUT2D eigenvalue weighted by atomic mass is 32.2. The van der Waals surface area contributed by atoms with Crippen LogP contribution in [0.3, 0.4) is 0 Å². The van der Waals surface area contributed by atoms with Gasteiger partial charge in [-0.3, -0.25) is 10.1 Å². The largest absolute Gasteiger partial charge is 0.478 e. The minimum absolute atomic E-state index is 0.0218. The van der Waals surface area contributed by atoms with E-state index in [0.717, 1.165) is 6.07 Å². The summed E-state index contributed by atoms with van der Waals surface area (Å²) in [7, 11) is 0. The van der Waals surface area contributed by atoms with Crippen LogP contribution < -0.4 is 0 Å². The maximum atomic E-state index is 11.0. The van der Waals surface area contributed by atoms with E-state index in [9.17, 15) is 14.9 Å². The topological polar surface area (TPSA) is 101 Å². The molecule has 0 saturated carbocycles. The second-order valence-electron chi connectivity index (χ2n) is 4.12. The fourth-order valence-corrected chi connectivity index (χ4v) is 2.70. The summed E-state index contributed by atoms with van der Waals surface area (Å²) in [6, 6.07) is 2.50. The molecule has 7 heteroatoms. The van der Waals surface area contributed by atoms with Crippen LogP contribution in [0.4, 0.5) is 5.69 Å². The fourth-order valence-electron chi connectivity index (χ4n) is 1.57. The van der Waals surface area contributed by atoms with Gasteiger partial charge in [-0.2, -0.15) is 0 Å². The monoisotopic (exact) mass is 285 g/mol. The number of benzene rings is 1. The molecular weight excluding hydrogens is 270 g/mol. The molecule has 104 valence electrons. The molecule has 0 saturated heterocycles. The smallest absolute Gasteiger partial charge is 0.335 e. The highest BCUT2D eigenvalue weighted by Gasteiger charge is 2.20. The fraction of sp³-hybridized carbons (Fsp3) is 0.417. The molecule has 1 atom stereocenters. The Kier molecular flexibility index (Phi) is 5.31. The average molecular weight is 285 g/mol. The molecule has 0 aliphatic rings. The van der Waals surface area contributed by atoms with Gasteiger partial charge in [-0.15, -0.1) is 11.8 Å². The van der Waals surface area contributed by atoms with Crippen molar-refractivity contribution < 1.29 is 19.9 Å². The summed E-state index contributed by atoms with van der Waals surface area (Å²) in [5.41, 5.74) is 0.152. The van der Waals surface area contributed by atoms with E-state index in [4.69, 9.17) is 10.2 Å². The number of aliphatic hydroxyl groups excluding tert-OH is 1. The summed E-state index contributed by atoms with van der Waals surface area (Å²) < 4.78 is 0. The first-order valence-electron chi connectivity index (χ1n) is 5.66. The zero-order chi connectivity index (χ0) is 14.6. The quantitative estimate of drug-likeness (QED) is 0.473. The minimum atomic E-state index is -1.19. The molecule has 0 radical (unpaired) electrons. The van der Waals surface area contributed by atoms with Crippen molar-refractivity contribution in [3.8, 4) is 0 Å². The normalized spacial score (nSPS) is 12.2. The van der Waals surface area contributed by atoms with Crippen LogP contribution in [0.25, 0.3) is 0 Å². The molecule has 0 bridgehead atoms. The number of rotatable bonds is 6. The third-order valence-electron chi connectivity index (χ3n) is 2.64. The molecule has 0 aromatic heterocycles. The van der Waals surface area contributed by atoms with Crippen LogP contribution in [0, 0.1) is 17.0 Å². The number of aromatic carboxylic acids is 1. The van der Waals surface area contributed by atoms with Crippen LogP contribution in [0.1, 0.15) is 29.3 Å². The lowest BCUT2D eigenvalue weighted by Crippen LogP contribution is -2.04. The Morgan fingerprint density at radius 3 is 2.63 bits per heavy atom. The summed E-state index contributed by atoms with van der Waals surface area (Å²) in [6.45, 7) is 3.49. The number of nitro groups is 1. The van der Waals surface area contributed by atoms with Crippen LogP contribution in [0.2, 0.25) is 0 Å². The Morgan fingerprint density at radius 1 is 1.53 bits per heavy atom. The van der Waals surface area contributed by atoms with Crippen molar-refractivity contribution in [1.82, 2.24) is 0 Å². The van der Waals surface area contributed by atoms with E-state index < -0.39 is 10.9 Å². The molecule has 0 spiro atoms. The van der Waals surface area contributed by atoms with Gasteiger partial charge in [-0.1, -0.05) is 6.92 Å². The molecule has 2 N–H and O–H groups in total. The van der Waals surface area contributed by atoms with E-state index in [-0.39, 0.29) is 23.1 Å². The predicted octanol–water partition coefficient (Wildman–Crippen LogP) is 2.46. The van der Waals surface area contributed by atoms with Gasteiger partial charge in [-0.05, 0) is 19.4 Å². The molecule has 1 unspecified atom stereocenters. The van der Waals surface area contributed by atoms with Crippen molar-refractivity contribution in [3.05, 3.63) is 33.4 Å². The first kappa shape index (κ1) is 15.5. The van der Waals surface area contributed by atoms with Gasteiger partial charge in [0, 0.05) is 28.4 Å². The van der Waals surface area contributed by atoms with Crippen LogP contribution in [0.5, 0.6) is 0 Å². The Morgan fingerprint density at radius 2 is 2.16 bits per heavy atom. The van der Waals surface area contributed by atoms with E-state index in [1.807, 2.05) is 6.92 Å². The zero-order valence-corrected chi connectivity index (χ0v) is 11.4. The molecular formula is C12H15NO5S. The van der Waals surface area contributed by atoms with E-state index in [0.29, 0.717) is 16.9 Å². The minimum Gasteiger partial charge on any atom is -0.478 e. The molecule has 0 heterocycles. The Labute approximate surface area is 114 Å². The van der Waals surface area contributed by atoms with E-state index in [1.165, 1.54) is 17.8 Å². The van der Waals surface area contributed by atoms with Crippen molar-refractivity contribution in [1.29, 1.82) is 0 Å². The summed E-state index contributed by atoms with van der Waals surface area (Å²) in [4.78, 5) is 21.9. The molecule has 0 aliphatic carbocycles. The van der Waals surface area contributed by atoms with Gasteiger partial charge < -0.3 is 10.2 Å². The van der Waals surface area contributed by atoms with Crippen molar-refractivity contribution in [2.45, 2.75) is 30.4 Å².